The first-order valence-electron chi connectivity index (χ1n) is 5.77. The van der Waals surface area contributed by atoms with Gasteiger partial charge in [-0.05, 0) is 23.8 Å². The molecule has 0 bridgehead atoms. The van der Waals surface area contributed by atoms with E-state index in [0.29, 0.717) is 25.2 Å². The molecule has 0 saturated carbocycles. The number of ether oxygens (including phenoxy) is 1. The second-order valence-electron chi connectivity index (χ2n) is 4.28. The van der Waals surface area contributed by atoms with Crippen molar-refractivity contribution in [2.24, 2.45) is 0 Å². The van der Waals surface area contributed by atoms with Crippen LogP contribution in [0.1, 0.15) is 5.56 Å². The summed E-state index contributed by atoms with van der Waals surface area (Å²) in [4.78, 5) is 17.4. The van der Waals surface area contributed by atoms with E-state index in [1.807, 2.05) is 17.0 Å². The van der Waals surface area contributed by atoms with Crippen molar-refractivity contribution in [2.45, 2.75) is 12.6 Å². The summed E-state index contributed by atoms with van der Waals surface area (Å²) in [5.74, 6) is -0.381. The van der Waals surface area contributed by atoms with Gasteiger partial charge in [-0.2, -0.15) is 0 Å². The number of methoxy groups -OCH3 is 1. The van der Waals surface area contributed by atoms with Crippen LogP contribution in [0.2, 0.25) is 0 Å². The van der Waals surface area contributed by atoms with E-state index >= 15 is 0 Å². The molecule has 0 saturated heterocycles. The van der Waals surface area contributed by atoms with E-state index in [1.165, 1.54) is 7.11 Å². The van der Waals surface area contributed by atoms with E-state index in [-0.39, 0.29) is 18.4 Å². The molecule has 0 radical (unpaired) electrons. The molecular weight excluding hydrogens is 268 g/mol. The van der Waals surface area contributed by atoms with Gasteiger partial charge in [0.15, 0.2) is 0 Å². The van der Waals surface area contributed by atoms with Crippen molar-refractivity contribution in [3.8, 4) is 0 Å². The van der Waals surface area contributed by atoms with E-state index in [0.717, 1.165) is 5.56 Å². The van der Waals surface area contributed by atoms with Crippen LogP contribution < -0.4 is 0 Å². The molecule has 0 fully saturated rings. The number of hydrogen-bond donors (Lipinski definition) is 1. The van der Waals surface area contributed by atoms with Gasteiger partial charge in [-0.15, -0.1) is 12.4 Å². The minimum atomic E-state index is -0.630. The molecule has 0 spiro atoms. The van der Waals surface area contributed by atoms with Gasteiger partial charge in [0.2, 0.25) is 0 Å². The van der Waals surface area contributed by atoms with Crippen molar-refractivity contribution in [1.29, 1.82) is 0 Å². The number of carbonyl (C=O) groups excluding carboxylic acids is 1. The quantitative estimate of drug-likeness (QED) is 0.831. The summed E-state index contributed by atoms with van der Waals surface area (Å²) in [5.41, 5.74) is 1.61. The first-order valence-corrected chi connectivity index (χ1v) is 5.77. The molecule has 5 nitrogen and oxygen atoms in total. The molecule has 1 aromatic rings. The van der Waals surface area contributed by atoms with Crippen molar-refractivity contribution in [3.05, 3.63) is 41.7 Å². The van der Waals surface area contributed by atoms with Gasteiger partial charge in [0, 0.05) is 37.6 Å². The number of pyridine rings is 1. The molecule has 1 atom stereocenters. The number of rotatable bonds is 3. The van der Waals surface area contributed by atoms with Crippen LogP contribution in [0.25, 0.3) is 0 Å². The number of hydrogen-bond acceptors (Lipinski definition) is 5. The second-order valence-corrected chi connectivity index (χ2v) is 4.28. The summed E-state index contributed by atoms with van der Waals surface area (Å²) >= 11 is 0. The van der Waals surface area contributed by atoms with E-state index in [4.69, 9.17) is 0 Å². The third kappa shape index (κ3) is 4.31. The van der Waals surface area contributed by atoms with Gasteiger partial charge < -0.3 is 9.84 Å². The normalized spacial score (nSPS) is 19.3. The number of β-amino-alcohol motifs (C(OH)–C–C–N with tert-alkyl or cyclic N) is 1. The van der Waals surface area contributed by atoms with Crippen LogP contribution in [0.15, 0.2) is 36.2 Å². The summed E-state index contributed by atoms with van der Waals surface area (Å²) in [6, 6.07) is 3.84. The zero-order chi connectivity index (χ0) is 13.0. The predicted octanol–water partition coefficient (Wildman–Crippen LogP) is 0.779. The Morgan fingerprint density at radius 3 is 2.84 bits per heavy atom. The summed E-state index contributed by atoms with van der Waals surface area (Å²) in [5, 5.41) is 9.73. The Hall–Kier alpha value is -1.43. The summed E-state index contributed by atoms with van der Waals surface area (Å²) in [7, 11) is 1.34. The van der Waals surface area contributed by atoms with E-state index < -0.39 is 6.10 Å². The zero-order valence-corrected chi connectivity index (χ0v) is 11.5. The molecule has 0 aliphatic carbocycles. The highest BCUT2D eigenvalue weighted by Crippen LogP contribution is 2.14. The van der Waals surface area contributed by atoms with E-state index in [1.54, 1.807) is 18.5 Å². The van der Waals surface area contributed by atoms with Crippen molar-refractivity contribution in [1.82, 2.24) is 9.88 Å². The maximum absolute atomic E-state index is 11.5. The number of carbonyl (C=O) groups is 1. The molecule has 1 aliphatic heterocycles. The lowest BCUT2D eigenvalue weighted by atomic mass is 10.1. The van der Waals surface area contributed by atoms with Gasteiger partial charge in [-0.1, -0.05) is 0 Å². The van der Waals surface area contributed by atoms with Crippen molar-refractivity contribution in [3.63, 3.8) is 0 Å². The first kappa shape index (κ1) is 15.6. The molecule has 104 valence electrons. The highest BCUT2D eigenvalue weighted by Gasteiger charge is 2.23. The van der Waals surface area contributed by atoms with Crippen LogP contribution in [0.3, 0.4) is 0 Å². The van der Waals surface area contributed by atoms with Crippen LogP contribution in [0.5, 0.6) is 0 Å². The molecule has 0 amide bonds. The molecule has 6 heteroatoms. The maximum atomic E-state index is 11.5. The average molecular weight is 285 g/mol. The monoisotopic (exact) mass is 284 g/mol. The smallest absolute Gasteiger partial charge is 0.334 e. The van der Waals surface area contributed by atoms with Crippen molar-refractivity contribution < 1.29 is 14.6 Å². The lowest BCUT2D eigenvalue weighted by Gasteiger charge is -2.29. The molecule has 1 aromatic heterocycles. The van der Waals surface area contributed by atoms with E-state index in [2.05, 4.69) is 9.72 Å². The van der Waals surface area contributed by atoms with Gasteiger partial charge in [0.1, 0.15) is 0 Å². The first-order chi connectivity index (χ1) is 8.69. The number of nitrogens with zero attached hydrogens (tertiary/aromatic N) is 2. The highest BCUT2D eigenvalue weighted by molar-refractivity contribution is 5.89. The maximum Gasteiger partial charge on any atom is 0.334 e. The third-order valence-electron chi connectivity index (χ3n) is 2.84. The number of aliphatic hydroxyl groups excluding tert-OH is 1. The Bertz CT molecular complexity index is 450. The van der Waals surface area contributed by atoms with Gasteiger partial charge in [0.05, 0.1) is 13.2 Å². The van der Waals surface area contributed by atoms with Gasteiger partial charge in [0.25, 0.3) is 0 Å². The molecule has 0 aromatic carbocycles. The molecule has 2 heterocycles. The fourth-order valence-electron chi connectivity index (χ4n) is 2.04. The summed E-state index contributed by atoms with van der Waals surface area (Å²) < 4.78 is 4.68. The summed E-state index contributed by atoms with van der Waals surface area (Å²) in [6.45, 7) is 1.68. The van der Waals surface area contributed by atoms with Gasteiger partial charge in [-0.3, -0.25) is 9.88 Å². The molecule has 1 aliphatic rings. The average Bonchev–Trinajstić information content (AvgIpc) is 2.38. The fraction of sp³-hybridized carbons (Fsp3) is 0.385. The molecule has 19 heavy (non-hydrogen) atoms. The Balaban J connectivity index is 0.00000180. The SMILES string of the molecule is COC(=O)C1=CC(O)CN(Cc2ccncc2)C1.Cl. The largest absolute Gasteiger partial charge is 0.466 e. The minimum absolute atomic E-state index is 0. The zero-order valence-electron chi connectivity index (χ0n) is 10.7. The fourth-order valence-corrected chi connectivity index (χ4v) is 2.04. The molecule has 2 rings (SSSR count). The molecule has 1 N–H and O–H groups in total. The number of esters is 1. The lowest BCUT2D eigenvalue weighted by Crippen LogP contribution is -2.38. The van der Waals surface area contributed by atoms with E-state index in [9.17, 15) is 9.90 Å². The second kappa shape index (κ2) is 7.23. The number of halogens is 1. The van der Waals surface area contributed by atoms with Crippen molar-refractivity contribution >= 4 is 18.4 Å². The van der Waals surface area contributed by atoms with Crippen molar-refractivity contribution in [2.75, 3.05) is 20.2 Å². The van der Waals surface area contributed by atoms with Gasteiger partial charge in [-0.25, -0.2) is 4.79 Å². The predicted molar refractivity (Wildman–Crippen MR) is 72.9 cm³/mol. The number of aliphatic hydroxyl groups is 1. The Kier molecular flexibility index (Phi) is 5.95. The highest BCUT2D eigenvalue weighted by atomic mass is 35.5. The van der Waals surface area contributed by atoms with Crippen LogP contribution >= 0.6 is 12.4 Å². The van der Waals surface area contributed by atoms with Crippen LogP contribution in [-0.2, 0) is 16.1 Å². The topological polar surface area (TPSA) is 62.7 Å². The lowest BCUT2D eigenvalue weighted by molar-refractivity contribution is -0.136. The third-order valence-corrected chi connectivity index (χ3v) is 2.84. The van der Waals surface area contributed by atoms with Crippen LogP contribution in [0, 0.1) is 0 Å². The molecule has 1 unspecified atom stereocenters. The van der Waals surface area contributed by atoms with Gasteiger partial charge >= 0.3 is 5.97 Å². The Morgan fingerprint density at radius 1 is 1.53 bits per heavy atom. The Labute approximate surface area is 118 Å². The Morgan fingerprint density at radius 2 is 2.21 bits per heavy atom. The van der Waals surface area contributed by atoms with Crippen LogP contribution in [-0.4, -0.2) is 47.3 Å². The number of aromatic nitrogens is 1. The minimum Gasteiger partial charge on any atom is -0.466 e. The summed E-state index contributed by atoms with van der Waals surface area (Å²) in [6.07, 6.45) is 4.39. The van der Waals surface area contributed by atoms with Crippen LogP contribution in [0.4, 0.5) is 0 Å². The standard InChI is InChI=1S/C13H16N2O3.ClH/c1-18-13(17)11-6-12(16)9-15(8-11)7-10-2-4-14-5-3-10;/h2-6,12,16H,7-9H2,1H3;1H. The molecular formula is C13H17ClN2O3.